The Bertz CT molecular complexity index is 595. The zero-order valence-corrected chi connectivity index (χ0v) is 9.90. The van der Waals surface area contributed by atoms with Gasteiger partial charge in [-0.3, -0.25) is 10.1 Å². The minimum Gasteiger partial charge on any atom is -0.436 e. The summed E-state index contributed by atoms with van der Waals surface area (Å²) in [5, 5.41) is 15.8. The van der Waals surface area contributed by atoms with Crippen LogP contribution in [0, 0.1) is 32.1 Å². The predicted molar refractivity (Wildman–Crippen MR) is 61.8 cm³/mol. The van der Waals surface area contributed by atoms with Gasteiger partial charge in [-0.25, -0.2) is 0 Å². The highest BCUT2D eigenvalue weighted by atomic mass is 16.5. The second-order valence-electron chi connectivity index (χ2n) is 3.83. The summed E-state index contributed by atoms with van der Waals surface area (Å²) in [5.41, 5.74) is 2.82. The second kappa shape index (κ2) is 4.26. The molecule has 86 valence electrons. The van der Waals surface area contributed by atoms with Gasteiger partial charge in [-0.2, -0.15) is 5.26 Å². The van der Waals surface area contributed by atoms with Crippen LogP contribution in [0.3, 0.4) is 0 Å². The van der Waals surface area contributed by atoms with E-state index in [-0.39, 0.29) is 0 Å². The van der Waals surface area contributed by atoms with Gasteiger partial charge in [0.05, 0.1) is 5.69 Å². The Kier molecular flexibility index (Phi) is 2.79. The van der Waals surface area contributed by atoms with Crippen molar-refractivity contribution in [2.24, 2.45) is 0 Å². The number of nitrogens with one attached hydrogen (secondary N) is 1. The fraction of sp³-hybridized carbons (Fsp3) is 0.250. The molecule has 0 saturated carbocycles. The number of pyridine rings is 1. The molecule has 0 aliphatic carbocycles. The van der Waals surface area contributed by atoms with Crippen LogP contribution in [-0.2, 0) is 0 Å². The summed E-state index contributed by atoms with van der Waals surface area (Å²) < 4.78 is 5.58. The molecular weight excluding hydrogens is 216 g/mol. The summed E-state index contributed by atoms with van der Waals surface area (Å²) in [6.07, 6.45) is 0. The van der Waals surface area contributed by atoms with Gasteiger partial charge in [0.25, 0.3) is 0 Å². The van der Waals surface area contributed by atoms with Crippen LogP contribution in [0.2, 0.25) is 0 Å². The number of aromatic nitrogens is 3. The van der Waals surface area contributed by atoms with E-state index in [9.17, 15) is 0 Å². The third kappa shape index (κ3) is 2.26. The first-order valence-corrected chi connectivity index (χ1v) is 5.18. The molecule has 17 heavy (non-hydrogen) atoms. The molecule has 2 rings (SSSR count). The Morgan fingerprint density at radius 2 is 2.06 bits per heavy atom. The molecule has 2 heterocycles. The monoisotopic (exact) mass is 228 g/mol. The van der Waals surface area contributed by atoms with Gasteiger partial charge in [0.2, 0.25) is 5.88 Å². The number of H-pyrrole nitrogens is 1. The van der Waals surface area contributed by atoms with Crippen molar-refractivity contribution in [1.82, 2.24) is 15.2 Å². The average molecular weight is 228 g/mol. The summed E-state index contributed by atoms with van der Waals surface area (Å²) in [4.78, 5) is 4.22. The molecule has 1 N–H and O–H groups in total. The maximum atomic E-state index is 9.08. The van der Waals surface area contributed by atoms with Crippen LogP contribution in [-0.4, -0.2) is 15.2 Å². The first kappa shape index (κ1) is 11.1. The number of ether oxygens (including phenoxy) is 1. The van der Waals surface area contributed by atoms with E-state index in [1.54, 1.807) is 19.1 Å². The van der Waals surface area contributed by atoms with E-state index in [1.165, 1.54) is 0 Å². The van der Waals surface area contributed by atoms with Crippen LogP contribution >= 0.6 is 0 Å². The van der Waals surface area contributed by atoms with Gasteiger partial charge < -0.3 is 4.74 Å². The molecule has 0 atom stereocenters. The van der Waals surface area contributed by atoms with Crippen molar-refractivity contribution in [2.75, 3.05) is 0 Å². The van der Waals surface area contributed by atoms with Crippen LogP contribution in [0.25, 0.3) is 0 Å². The van der Waals surface area contributed by atoms with Crippen molar-refractivity contribution in [1.29, 1.82) is 5.26 Å². The molecule has 0 radical (unpaired) electrons. The Hall–Kier alpha value is -2.35. The second-order valence-corrected chi connectivity index (χ2v) is 3.83. The number of rotatable bonds is 2. The summed E-state index contributed by atoms with van der Waals surface area (Å²) >= 11 is 0. The quantitative estimate of drug-likeness (QED) is 0.856. The zero-order valence-electron chi connectivity index (χ0n) is 9.90. The van der Waals surface area contributed by atoms with Crippen molar-refractivity contribution < 1.29 is 4.74 Å². The number of nitriles is 1. The molecule has 2 aromatic rings. The standard InChI is InChI=1S/C12H12N4O/c1-7-4-11(10(6-13)9(3)14-7)17-12-5-8(2)15-16-12/h4-5H,1-3H3,(H,15,16). The van der Waals surface area contributed by atoms with Crippen LogP contribution in [0.1, 0.15) is 22.6 Å². The lowest BCUT2D eigenvalue weighted by Crippen LogP contribution is -1.96. The number of nitrogens with zero attached hydrogens (tertiary/aromatic N) is 3. The Morgan fingerprint density at radius 1 is 1.29 bits per heavy atom. The van der Waals surface area contributed by atoms with E-state index in [0.29, 0.717) is 22.9 Å². The number of aryl methyl sites for hydroxylation is 3. The Balaban J connectivity index is 2.42. The molecule has 0 amide bonds. The largest absolute Gasteiger partial charge is 0.436 e. The molecule has 0 bridgehead atoms. The van der Waals surface area contributed by atoms with E-state index < -0.39 is 0 Å². The lowest BCUT2D eigenvalue weighted by atomic mass is 10.2. The van der Waals surface area contributed by atoms with Gasteiger partial charge in [-0.15, -0.1) is 5.10 Å². The SMILES string of the molecule is Cc1cc(Oc2cc(C)[nH]n2)c(C#N)c(C)n1. The highest BCUT2D eigenvalue weighted by molar-refractivity contribution is 5.47. The van der Waals surface area contributed by atoms with Crippen molar-refractivity contribution in [3.8, 4) is 17.7 Å². The third-order valence-corrected chi connectivity index (χ3v) is 2.30. The third-order valence-electron chi connectivity index (χ3n) is 2.30. The van der Waals surface area contributed by atoms with Gasteiger partial charge in [-0.05, 0) is 20.8 Å². The van der Waals surface area contributed by atoms with Crippen molar-refractivity contribution in [3.05, 3.63) is 34.8 Å². The summed E-state index contributed by atoms with van der Waals surface area (Å²) in [5.74, 6) is 0.938. The fourth-order valence-corrected chi connectivity index (χ4v) is 1.57. The normalized spacial score (nSPS) is 10.0. The lowest BCUT2D eigenvalue weighted by Gasteiger charge is -2.07. The summed E-state index contributed by atoms with van der Waals surface area (Å²) in [6.45, 7) is 5.53. The maximum Gasteiger partial charge on any atom is 0.238 e. The molecule has 0 fully saturated rings. The van der Waals surface area contributed by atoms with Gasteiger partial charge in [-0.1, -0.05) is 0 Å². The highest BCUT2D eigenvalue weighted by Crippen LogP contribution is 2.26. The number of hydrogen-bond acceptors (Lipinski definition) is 4. The molecule has 0 saturated heterocycles. The van der Waals surface area contributed by atoms with Crippen LogP contribution in [0.15, 0.2) is 12.1 Å². The maximum absolute atomic E-state index is 9.08. The molecule has 5 heteroatoms. The molecular formula is C12H12N4O. The summed E-state index contributed by atoms with van der Waals surface area (Å²) in [6, 6.07) is 5.59. The average Bonchev–Trinajstić information content (AvgIpc) is 2.63. The van der Waals surface area contributed by atoms with Crippen LogP contribution in [0.5, 0.6) is 11.6 Å². The Morgan fingerprint density at radius 3 is 2.65 bits per heavy atom. The van der Waals surface area contributed by atoms with Gasteiger partial charge in [0.15, 0.2) is 5.75 Å². The lowest BCUT2D eigenvalue weighted by molar-refractivity contribution is 0.458. The van der Waals surface area contributed by atoms with E-state index in [4.69, 9.17) is 10.00 Å². The molecule has 0 aliphatic heterocycles. The molecule has 0 spiro atoms. The molecule has 0 aliphatic rings. The zero-order chi connectivity index (χ0) is 12.4. The molecule has 0 aromatic carbocycles. The van der Waals surface area contributed by atoms with Crippen molar-refractivity contribution in [2.45, 2.75) is 20.8 Å². The van der Waals surface area contributed by atoms with Gasteiger partial charge in [0, 0.05) is 23.5 Å². The van der Waals surface area contributed by atoms with Crippen molar-refractivity contribution in [3.63, 3.8) is 0 Å². The number of aromatic amines is 1. The smallest absolute Gasteiger partial charge is 0.238 e. The first-order chi connectivity index (χ1) is 8.10. The minimum atomic E-state index is 0.441. The van der Waals surface area contributed by atoms with E-state index in [2.05, 4.69) is 21.3 Å². The van der Waals surface area contributed by atoms with E-state index in [0.717, 1.165) is 11.4 Å². The van der Waals surface area contributed by atoms with Crippen molar-refractivity contribution >= 4 is 0 Å². The first-order valence-electron chi connectivity index (χ1n) is 5.18. The highest BCUT2D eigenvalue weighted by Gasteiger charge is 2.11. The predicted octanol–water partition coefficient (Wildman–Crippen LogP) is 2.39. The topological polar surface area (TPSA) is 74.6 Å². The molecule has 5 nitrogen and oxygen atoms in total. The van der Waals surface area contributed by atoms with Crippen LogP contribution < -0.4 is 4.74 Å². The van der Waals surface area contributed by atoms with Gasteiger partial charge >= 0.3 is 0 Å². The van der Waals surface area contributed by atoms with Crippen LogP contribution in [0.4, 0.5) is 0 Å². The fourth-order valence-electron chi connectivity index (χ4n) is 1.57. The molecule has 0 unspecified atom stereocenters. The summed E-state index contributed by atoms with van der Waals surface area (Å²) in [7, 11) is 0. The van der Waals surface area contributed by atoms with Gasteiger partial charge in [0.1, 0.15) is 11.6 Å². The minimum absolute atomic E-state index is 0.441. The van der Waals surface area contributed by atoms with E-state index >= 15 is 0 Å². The molecule has 2 aromatic heterocycles. The van der Waals surface area contributed by atoms with E-state index in [1.807, 2.05) is 13.8 Å². The Labute approximate surface area is 99.1 Å². The number of hydrogen-bond donors (Lipinski definition) is 1.